The zero-order valence-electron chi connectivity index (χ0n) is 8.51. The Hall–Kier alpha value is -1.06. The summed E-state index contributed by atoms with van der Waals surface area (Å²) in [6.45, 7) is 5.08. The SMILES string of the molecule is CC1CC(OC=O)C(OC=O)CC1C. The van der Waals surface area contributed by atoms with E-state index in [1.54, 1.807) is 0 Å². The van der Waals surface area contributed by atoms with Gasteiger partial charge in [0.25, 0.3) is 12.9 Å². The molecule has 0 aliphatic heterocycles. The Morgan fingerprint density at radius 3 is 1.57 bits per heavy atom. The summed E-state index contributed by atoms with van der Waals surface area (Å²) in [6, 6.07) is 0. The molecule has 0 bridgehead atoms. The highest BCUT2D eigenvalue weighted by Crippen LogP contribution is 2.32. The van der Waals surface area contributed by atoms with Crippen molar-refractivity contribution < 1.29 is 19.1 Å². The van der Waals surface area contributed by atoms with Crippen LogP contribution in [0.1, 0.15) is 26.7 Å². The van der Waals surface area contributed by atoms with E-state index in [0.717, 1.165) is 12.8 Å². The van der Waals surface area contributed by atoms with Gasteiger partial charge in [-0.3, -0.25) is 9.59 Å². The van der Waals surface area contributed by atoms with Crippen LogP contribution in [-0.2, 0) is 19.1 Å². The lowest BCUT2D eigenvalue weighted by Crippen LogP contribution is -2.40. The third-order valence-electron chi connectivity index (χ3n) is 3.05. The normalized spacial score (nSPS) is 37.3. The van der Waals surface area contributed by atoms with Gasteiger partial charge in [-0.15, -0.1) is 0 Å². The summed E-state index contributed by atoms with van der Waals surface area (Å²) in [7, 11) is 0. The van der Waals surface area contributed by atoms with Crippen LogP contribution in [0.25, 0.3) is 0 Å². The van der Waals surface area contributed by atoms with E-state index in [0.29, 0.717) is 24.8 Å². The Balaban J connectivity index is 2.58. The molecule has 4 unspecified atom stereocenters. The van der Waals surface area contributed by atoms with E-state index >= 15 is 0 Å². The van der Waals surface area contributed by atoms with Gasteiger partial charge in [-0.25, -0.2) is 0 Å². The highest BCUT2D eigenvalue weighted by atomic mass is 16.6. The lowest BCUT2D eigenvalue weighted by atomic mass is 9.78. The standard InChI is InChI=1S/C10H16O4/c1-7-3-9(13-5-11)10(14-6-12)4-8(7)2/h5-10H,3-4H2,1-2H3. The number of ether oxygens (including phenoxy) is 2. The maximum atomic E-state index is 10.2. The van der Waals surface area contributed by atoms with Crippen molar-refractivity contribution in [2.45, 2.75) is 38.9 Å². The summed E-state index contributed by atoms with van der Waals surface area (Å²) in [5.74, 6) is 0.984. The first-order chi connectivity index (χ1) is 6.69. The lowest BCUT2D eigenvalue weighted by molar-refractivity contribution is -0.158. The second-order valence-electron chi connectivity index (χ2n) is 3.97. The summed E-state index contributed by atoms with van der Waals surface area (Å²) < 4.78 is 9.80. The van der Waals surface area contributed by atoms with Crippen molar-refractivity contribution in [3.05, 3.63) is 0 Å². The van der Waals surface area contributed by atoms with Crippen LogP contribution >= 0.6 is 0 Å². The van der Waals surface area contributed by atoms with Gasteiger partial charge in [0.2, 0.25) is 0 Å². The van der Waals surface area contributed by atoms with Crippen LogP contribution in [0, 0.1) is 11.8 Å². The lowest BCUT2D eigenvalue weighted by Gasteiger charge is -2.36. The summed E-state index contributed by atoms with van der Waals surface area (Å²) in [4.78, 5) is 20.5. The molecule has 80 valence electrons. The molecule has 1 rings (SSSR count). The monoisotopic (exact) mass is 200 g/mol. The largest absolute Gasteiger partial charge is 0.461 e. The molecule has 4 nitrogen and oxygen atoms in total. The predicted octanol–water partition coefficient (Wildman–Crippen LogP) is 1.14. The third-order valence-corrected chi connectivity index (χ3v) is 3.05. The van der Waals surface area contributed by atoms with Gasteiger partial charge in [0.1, 0.15) is 12.2 Å². The van der Waals surface area contributed by atoms with Gasteiger partial charge in [-0.2, -0.15) is 0 Å². The van der Waals surface area contributed by atoms with E-state index in [-0.39, 0.29) is 12.2 Å². The smallest absolute Gasteiger partial charge is 0.293 e. The Morgan fingerprint density at radius 1 is 0.929 bits per heavy atom. The number of hydrogen-bond donors (Lipinski definition) is 0. The minimum absolute atomic E-state index is 0.274. The van der Waals surface area contributed by atoms with Gasteiger partial charge in [0, 0.05) is 0 Å². The van der Waals surface area contributed by atoms with Crippen molar-refractivity contribution in [3.63, 3.8) is 0 Å². The fourth-order valence-electron chi connectivity index (χ4n) is 1.93. The molecular formula is C10H16O4. The molecule has 1 saturated carbocycles. The molecule has 0 spiro atoms. The highest BCUT2D eigenvalue weighted by molar-refractivity contribution is 5.39. The third kappa shape index (κ3) is 2.47. The van der Waals surface area contributed by atoms with Crippen molar-refractivity contribution >= 4 is 12.9 Å². The quantitative estimate of drug-likeness (QED) is 0.638. The number of hydrogen-bond acceptors (Lipinski definition) is 4. The van der Waals surface area contributed by atoms with Gasteiger partial charge in [-0.05, 0) is 24.7 Å². The molecule has 4 atom stereocenters. The number of rotatable bonds is 4. The molecular weight excluding hydrogens is 184 g/mol. The molecule has 4 heteroatoms. The van der Waals surface area contributed by atoms with Crippen LogP contribution in [0.4, 0.5) is 0 Å². The van der Waals surface area contributed by atoms with Crippen molar-refractivity contribution in [2.75, 3.05) is 0 Å². The molecule has 0 aromatic heterocycles. The average Bonchev–Trinajstić information content (AvgIpc) is 2.14. The molecule has 0 aromatic rings. The second-order valence-corrected chi connectivity index (χ2v) is 3.97. The molecule has 0 amide bonds. The summed E-state index contributed by atoms with van der Waals surface area (Å²) in [5, 5.41) is 0. The van der Waals surface area contributed by atoms with E-state index in [2.05, 4.69) is 13.8 Å². The molecule has 0 heterocycles. The van der Waals surface area contributed by atoms with E-state index in [1.807, 2.05) is 0 Å². The molecule has 0 saturated heterocycles. The fourth-order valence-corrected chi connectivity index (χ4v) is 1.93. The van der Waals surface area contributed by atoms with Crippen molar-refractivity contribution in [3.8, 4) is 0 Å². The van der Waals surface area contributed by atoms with E-state index in [4.69, 9.17) is 9.47 Å². The Labute approximate surface area is 83.6 Å². The Morgan fingerprint density at radius 2 is 1.29 bits per heavy atom. The van der Waals surface area contributed by atoms with Crippen LogP contribution in [0.2, 0.25) is 0 Å². The van der Waals surface area contributed by atoms with Crippen molar-refractivity contribution in [1.82, 2.24) is 0 Å². The van der Waals surface area contributed by atoms with Gasteiger partial charge in [-0.1, -0.05) is 13.8 Å². The zero-order chi connectivity index (χ0) is 10.6. The summed E-state index contributed by atoms with van der Waals surface area (Å²) in [6.07, 6.45) is 0.976. The van der Waals surface area contributed by atoms with Crippen LogP contribution in [0.5, 0.6) is 0 Å². The molecule has 1 aliphatic rings. The van der Waals surface area contributed by atoms with E-state index < -0.39 is 0 Å². The van der Waals surface area contributed by atoms with Gasteiger partial charge in [0.05, 0.1) is 0 Å². The van der Waals surface area contributed by atoms with Crippen molar-refractivity contribution in [1.29, 1.82) is 0 Å². The molecule has 0 aromatic carbocycles. The van der Waals surface area contributed by atoms with Gasteiger partial charge >= 0.3 is 0 Å². The van der Waals surface area contributed by atoms with Crippen LogP contribution < -0.4 is 0 Å². The second kappa shape index (κ2) is 4.98. The molecule has 0 radical (unpaired) electrons. The van der Waals surface area contributed by atoms with E-state index in [9.17, 15) is 9.59 Å². The molecule has 1 aliphatic carbocycles. The first kappa shape index (κ1) is 11.0. The predicted molar refractivity (Wildman–Crippen MR) is 49.4 cm³/mol. The fraction of sp³-hybridized carbons (Fsp3) is 0.800. The highest BCUT2D eigenvalue weighted by Gasteiger charge is 2.35. The van der Waals surface area contributed by atoms with Crippen LogP contribution in [-0.4, -0.2) is 25.2 Å². The Bertz CT molecular complexity index is 182. The van der Waals surface area contributed by atoms with Crippen molar-refractivity contribution in [2.24, 2.45) is 11.8 Å². The maximum absolute atomic E-state index is 10.2. The first-order valence-electron chi connectivity index (χ1n) is 4.87. The first-order valence-corrected chi connectivity index (χ1v) is 4.87. The van der Waals surface area contributed by atoms with Crippen LogP contribution in [0.15, 0.2) is 0 Å². The minimum Gasteiger partial charge on any atom is -0.461 e. The van der Waals surface area contributed by atoms with Crippen LogP contribution in [0.3, 0.4) is 0 Å². The van der Waals surface area contributed by atoms with Gasteiger partial charge < -0.3 is 9.47 Å². The van der Waals surface area contributed by atoms with Gasteiger partial charge in [0.15, 0.2) is 0 Å². The summed E-state index contributed by atoms with van der Waals surface area (Å²) in [5.41, 5.74) is 0. The Kier molecular flexibility index (Phi) is 3.92. The zero-order valence-corrected chi connectivity index (χ0v) is 8.51. The maximum Gasteiger partial charge on any atom is 0.293 e. The molecule has 14 heavy (non-hydrogen) atoms. The average molecular weight is 200 g/mol. The summed E-state index contributed by atoms with van der Waals surface area (Å²) >= 11 is 0. The number of carbonyl (C=O) groups is 2. The van der Waals surface area contributed by atoms with E-state index in [1.165, 1.54) is 0 Å². The molecule has 1 fully saturated rings. The minimum atomic E-state index is -0.274. The topological polar surface area (TPSA) is 52.6 Å². The number of carbonyl (C=O) groups excluding carboxylic acids is 2. The molecule has 0 N–H and O–H groups in total.